The van der Waals surface area contributed by atoms with E-state index in [-0.39, 0.29) is 5.95 Å². The Morgan fingerprint density at radius 2 is 2.35 bits per heavy atom. The molecule has 0 saturated heterocycles. The SMILES string of the molecule is Nc1ncc(C=O)c2nc(-c3ccco3)nn12. The van der Waals surface area contributed by atoms with Crippen LogP contribution in [-0.4, -0.2) is 25.9 Å². The van der Waals surface area contributed by atoms with E-state index in [1.165, 1.54) is 17.0 Å². The van der Waals surface area contributed by atoms with E-state index < -0.39 is 0 Å². The lowest BCUT2D eigenvalue weighted by atomic mass is 10.3. The topological polar surface area (TPSA) is 99.3 Å². The summed E-state index contributed by atoms with van der Waals surface area (Å²) < 4.78 is 6.48. The third-order valence-electron chi connectivity index (χ3n) is 2.29. The van der Waals surface area contributed by atoms with Gasteiger partial charge in [-0.2, -0.15) is 4.52 Å². The highest BCUT2D eigenvalue weighted by atomic mass is 16.3. The molecule has 0 amide bonds. The zero-order valence-corrected chi connectivity index (χ0v) is 8.57. The molecule has 7 nitrogen and oxygen atoms in total. The lowest BCUT2D eigenvalue weighted by Crippen LogP contribution is -2.03. The van der Waals surface area contributed by atoms with E-state index >= 15 is 0 Å². The van der Waals surface area contributed by atoms with Crippen molar-refractivity contribution in [2.45, 2.75) is 0 Å². The second-order valence-corrected chi connectivity index (χ2v) is 3.34. The van der Waals surface area contributed by atoms with Gasteiger partial charge in [0.2, 0.25) is 11.8 Å². The van der Waals surface area contributed by atoms with Gasteiger partial charge < -0.3 is 10.2 Å². The smallest absolute Gasteiger partial charge is 0.223 e. The summed E-state index contributed by atoms with van der Waals surface area (Å²) in [4.78, 5) is 18.9. The summed E-state index contributed by atoms with van der Waals surface area (Å²) >= 11 is 0. The van der Waals surface area contributed by atoms with Crippen LogP contribution in [0.15, 0.2) is 29.0 Å². The predicted molar refractivity (Wildman–Crippen MR) is 58.3 cm³/mol. The maximum atomic E-state index is 10.8. The summed E-state index contributed by atoms with van der Waals surface area (Å²) in [6.45, 7) is 0. The molecule has 0 spiro atoms. The number of carbonyl (C=O) groups excluding carboxylic acids is 1. The van der Waals surface area contributed by atoms with E-state index in [0.717, 1.165) is 0 Å². The first-order valence-corrected chi connectivity index (χ1v) is 4.80. The van der Waals surface area contributed by atoms with E-state index in [4.69, 9.17) is 10.2 Å². The minimum absolute atomic E-state index is 0.163. The number of hydrogen-bond acceptors (Lipinski definition) is 6. The van der Waals surface area contributed by atoms with Gasteiger partial charge in [-0.1, -0.05) is 0 Å². The Bertz CT molecular complexity index is 686. The molecule has 0 bridgehead atoms. The van der Waals surface area contributed by atoms with Crippen molar-refractivity contribution in [1.29, 1.82) is 0 Å². The third kappa shape index (κ3) is 1.36. The van der Waals surface area contributed by atoms with Gasteiger partial charge in [-0.15, -0.1) is 5.10 Å². The van der Waals surface area contributed by atoms with Crippen molar-refractivity contribution in [3.63, 3.8) is 0 Å². The van der Waals surface area contributed by atoms with Crippen molar-refractivity contribution in [3.05, 3.63) is 30.2 Å². The zero-order valence-electron chi connectivity index (χ0n) is 8.57. The van der Waals surface area contributed by atoms with Gasteiger partial charge in [-0.05, 0) is 12.1 Å². The highest BCUT2D eigenvalue weighted by Gasteiger charge is 2.13. The molecule has 3 aromatic heterocycles. The molecule has 3 heterocycles. The van der Waals surface area contributed by atoms with E-state index in [9.17, 15) is 4.79 Å². The molecular formula is C10H7N5O2. The molecule has 0 saturated carbocycles. The van der Waals surface area contributed by atoms with Crippen LogP contribution in [0, 0.1) is 0 Å². The van der Waals surface area contributed by atoms with Gasteiger partial charge in [0.15, 0.2) is 17.7 Å². The van der Waals surface area contributed by atoms with Crippen LogP contribution in [0.5, 0.6) is 0 Å². The largest absolute Gasteiger partial charge is 0.461 e. The monoisotopic (exact) mass is 229 g/mol. The summed E-state index contributed by atoms with van der Waals surface area (Å²) in [6, 6.07) is 3.45. The van der Waals surface area contributed by atoms with Crippen LogP contribution in [0.25, 0.3) is 17.2 Å². The predicted octanol–water partition coefficient (Wildman–Crippen LogP) is 0.779. The molecule has 0 aliphatic heterocycles. The first kappa shape index (κ1) is 9.52. The summed E-state index contributed by atoms with van der Waals surface area (Å²) in [5.41, 5.74) is 6.33. The van der Waals surface area contributed by atoms with Crippen molar-refractivity contribution >= 4 is 17.9 Å². The average molecular weight is 229 g/mol. The number of nitrogens with two attached hydrogens (primary N) is 1. The maximum absolute atomic E-state index is 10.8. The molecule has 3 aromatic rings. The number of nitrogens with zero attached hydrogens (tertiary/aromatic N) is 4. The number of furan rings is 1. The van der Waals surface area contributed by atoms with Gasteiger partial charge in [0, 0.05) is 6.20 Å². The van der Waals surface area contributed by atoms with Crippen molar-refractivity contribution in [2.24, 2.45) is 0 Å². The van der Waals surface area contributed by atoms with Crippen LogP contribution in [0.1, 0.15) is 10.4 Å². The van der Waals surface area contributed by atoms with Crippen LogP contribution in [0.4, 0.5) is 5.95 Å². The molecule has 0 unspecified atom stereocenters. The first-order chi connectivity index (χ1) is 8.29. The van der Waals surface area contributed by atoms with Crippen LogP contribution >= 0.6 is 0 Å². The van der Waals surface area contributed by atoms with Gasteiger partial charge >= 0.3 is 0 Å². The number of aldehydes is 1. The molecule has 0 atom stereocenters. The Morgan fingerprint density at radius 3 is 3.06 bits per heavy atom. The Balaban J connectivity index is 2.32. The molecule has 0 aromatic carbocycles. The van der Waals surface area contributed by atoms with Gasteiger partial charge in [0.05, 0.1) is 11.8 Å². The fraction of sp³-hybridized carbons (Fsp3) is 0. The molecule has 3 rings (SSSR count). The van der Waals surface area contributed by atoms with E-state index in [1.54, 1.807) is 12.1 Å². The van der Waals surface area contributed by atoms with E-state index in [1.807, 2.05) is 0 Å². The quantitative estimate of drug-likeness (QED) is 0.652. The molecular weight excluding hydrogens is 222 g/mol. The van der Waals surface area contributed by atoms with Gasteiger partial charge in [0.1, 0.15) is 0 Å². The molecule has 0 aliphatic carbocycles. The number of rotatable bonds is 2. The molecule has 2 N–H and O–H groups in total. The summed E-state index contributed by atoms with van der Waals surface area (Å²) in [6.07, 6.45) is 3.53. The first-order valence-electron chi connectivity index (χ1n) is 4.80. The maximum Gasteiger partial charge on any atom is 0.223 e. The Hall–Kier alpha value is -2.70. The summed E-state index contributed by atoms with van der Waals surface area (Å²) in [7, 11) is 0. The number of fused-ring (bicyclic) bond motifs is 1. The Labute approximate surface area is 94.9 Å². The minimum Gasteiger partial charge on any atom is -0.461 e. The number of nitrogen functional groups attached to an aromatic ring is 1. The van der Waals surface area contributed by atoms with Gasteiger partial charge in [0.25, 0.3) is 0 Å². The fourth-order valence-electron chi connectivity index (χ4n) is 1.50. The summed E-state index contributed by atoms with van der Waals surface area (Å²) in [5, 5.41) is 4.13. The Kier molecular flexibility index (Phi) is 1.91. The van der Waals surface area contributed by atoms with Crippen LogP contribution in [-0.2, 0) is 0 Å². The normalized spacial score (nSPS) is 10.8. The molecule has 0 aliphatic rings. The highest BCUT2D eigenvalue weighted by molar-refractivity contribution is 5.84. The van der Waals surface area contributed by atoms with Crippen molar-refractivity contribution in [3.8, 4) is 11.6 Å². The van der Waals surface area contributed by atoms with Crippen molar-refractivity contribution < 1.29 is 9.21 Å². The van der Waals surface area contributed by atoms with Crippen molar-refractivity contribution in [1.82, 2.24) is 19.6 Å². The molecule has 0 radical (unpaired) electrons. The lowest BCUT2D eigenvalue weighted by molar-refractivity contribution is 0.112. The number of anilines is 1. The lowest BCUT2D eigenvalue weighted by Gasteiger charge is -1.96. The van der Waals surface area contributed by atoms with Crippen LogP contribution < -0.4 is 5.73 Å². The number of aromatic nitrogens is 4. The van der Waals surface area contributed by atoms with Crippen LogP contribution in [0.3, 0.4) is 0 Å². The third-order valence-corrected chi connectivity index (χ3v) is 2.29. The van der Waals surface area contributed by atoms with E-state index in [0.29, 0.717) is 29.1 Å². The second kappa shape index (κ2) is 3.41. The average Bonchev–Trinajstić information content (AvgIpc) is 2.98. The molecule has 0 fully saturated rings. The van der Waals surface area contributed by atoms with E-state index in [2.05, 4.69) is 15.1 Å². The van der Waals surface area contributed by atoms with Gasteiger partial charge in [-0.25, -0.2) is 9.97 Å². The van der Waals surface area contributed by atoms with Crippen molar-refractivity contribution in [2.75, 3.05) is 5.73 Å². The molecule has 17 heavy (non-hydrogen) atoms. The summed E-state index contributed by atoms with van der Waals surface area (Å²) in [5.74, 6) is 1.03. The number of carbonyl (C=O) groups is 1. The minimum atomic E-state index is 0.163. The highest BCUT2D eigenvalue weighted by Crippen LogP contribution is 2.18. The van der Waals surface area contributed by atoms with Gasteiger partial charge in [-0.3, -0.25) is 4.79 Å². The Morgan fingerprint density at radius 1 is 1.47 bits per heavy atom. The zero-order chi connectivity index (χ0) is 11.8. The fourth-order valence-corrected chi connectivity index (χ4v) is 1.50. The number of hydrogen-bond donors (Lipinski definition) is 1. The van der Waals surface area contributed by atoms with Crippen LogP contribution in [0.2, 0.25) is 0 Å². The second-order valence-electron chi connectivity index (χ2n) is 3.34. The molecule has 84 valence electrons. The molecule has 7 heteroatoms. The standard InChI is InChI=1S/C10H7N5O2/c11-10-12-4-6(5-16)9-13-8(14-15(9)10)7-2-1-3-17-7/h1-5H,(H2,11,12).